The van der Waals surface area contributed by atoms with E-state index in [1.54, 1.807) is 16.9 Å². The van der Waals surface area contributed by atoms with Crippen molar-refractivity contribution in [2.24, 2.45) is 0 Å². The number of hydrogen-bond donors (Lipinski definition) is 0. The number of fused-ring (bicyclic) bond motifs is 1. The molecule has 0 saturated heterocycles. The number of halogens is 1. The summed E-state index contributed by atoms with van der Waals surface area (Å²) in [4.78, 5) is 0. The number of nitrogens with zero attached hydrogens (tertiary/aromatic N) is 2. The Kier molecular flexibility index (Phi) is 3.96. The molecule has 1 heterocycles. The van der Waals surface area contributed by atoms with E-state index in [2.05, 4.69) is 5.10 Å². The van der Waals surface area contributed by atoms with E-state index in [1.807, 2.05) is 31.2 Å². The summed E-state index contributed by atoms with van der Waals surface area (Å²) < 4.78 is 26.8. The Balaban J connectivity index is 2.01. The second-order valence-corrected chi connectivity index (χ2v) is 4.88. The Bertz CT molecular complexity index is 798. The third-order valence-corrected chi connectivity index (χ3v) is 3.52. The first-order valence-corrected chi connectivity index (χ1v) is 7.12. The molecule has 0 aliphatic heterocycles. The maximum atomic E-state index is 14.4. The first-order valence-electron chi connectivity index (χ1n) is 7.12. The van der Waals surface area contributed by atoms with Gasteiger partial charge in [-0.05, 0) is 13.0 Å². The highest BCUT2D eigenvalue weighted by molar-refractivity contribution is 5.78. The number of benzene rings is 2. The molecule has 0 fully saturated rings. The quantitative estimate of drug-likeness (QED) is 0.722. The molecule has 2 aromatic carbocycles. The Morgan fingerprint density at radius 2 is 2.05 bits per heavy atom. The van der Waals surface area contributed by atoms with Gasteiger partial charge >= 0.3 is 0 Å². The maximum absolute atomic E-state index is 14.4. The second kappa shape index (κ2) is 6.05. The number of ether oxygens (including phenoxy) is 2. The lowest BCUT2D eigenvalue weighted by molar-refractivity contribution is 0.332. The zero-order valence-corrected chi connectivity index (χ0v) is 12.5. The van der Waals surface area contributed by atoms with E-state index < -0.39 is 0 Å². The Morgan fingerprint density at radius 3 is 2.82 bits per heavy atom. The largest absolute Gasteiger partial charge is 0.496 e. The van der Waals surface area contributed by atoms with E-state index in [0.29, 0.717) is 30.2 Å². The van der Waals surface area contributed by atoms with Crippen LogP contribution in [0.15, 0.2) is 42.6 Å². The molecule has 0 bridgehead atoms. The van der Waals surface area contributed by atoms with E-state index in [0.717, 1.165) is 10.9 Å². The topological polar surface area (TPSA) is 36.3 Å². The van der Waals surface area contributed by atoms with Gasteiger partial charge in [0, 0.05) is 17.5 Å². The summed E-state index contributed by atoms with van der Waals surface area (Å²) in [5.74, 6) is 0.566. The molecule has 114 valence electrons. The highest BCUT2D eigenvalue weighted by Gasteiger charge is 2.14. The number of aromatic nitrogens is 2. The van der Waals surface area contributed by atoms with Gasteiger partial charge in [-0.2, -0.15) is 5.10 Å². The lowest BCUT2D eigenvalue weighted by atomic mass is 10.1. The van der Waals surface area contributed by atoms with Crippen LogP contribution in [-0.4, -0.2) is 23.5 Å². The molecule has 0 amide bonds. The molecule has 3 aromatic rings. The summed E-state index contributed by atoms with van der Waals surface area (Å²) in [6.45, 7) is 2.63. The van der Waals surface area contributed by atoms with E-state index in [9.17, 15) is 4.39 Å². The molecule has 0 radical (unpaired) electrons. The van der Waals surface area contributed by atoms with Crippen molar-refractivity contribution in [3.8, 4) is 11.5 Å². The van der Waals surface area contributed by atoms with Gasteiger partial charge in [-0.25, -0.2) is 4.39 Å². The second-order valence-electron chi connectivity index (χ2n) is 4.88. The molecule has 0 spiro atoms. The van der Waals surface area contributed by atoms with Gasteiger partial charge in [0.05, 0.1) is 37.5 Å². The number of rotatable bonds is 5. The smallest absolute Gasteiger partial charge is 0.135 e. The standard InChI is InChI=1S/C17H17FN2O2/c1-3-22-13-8-15(18)14(17(9-13)21-2)11-20-16-7-5-4-6-12(16)10-19-20/h4-10H,3,11H2,1-2H3. The summed E-state index contributed by atoms with van der Waals surface area (Å²) in [7, 11) is 1.52. The van der Waals surface area contributed by atoms with Crippen molar-refractivity contribution in [2.75, 3.05) is 13.7 Å². The minimum atomic E-state index is -0.359. The molecular weight excluding hydrogens is 283 g/mol. The highest BCUT2D eigenvalue weighted by atomic mass is 19.1. The number of methoxy groups -OCH3 is 1. The minimum Gasteiger partial charge on any atom is -0.496 e. The van der Waals surface area contributed by atoms with Crippen LogP contribution in [0.1, 0.15) is 12.5 Å². The average molecular weight is 300 g/mol. The SMILES string of the molecule is CCOc1cc(F)c(Cn2ncc3ccccc32)c(OC)c1. The fourth-order valence-corrected chi connectivity index (χ4v) is 2.47. The molecular formula is C17H17FN2O2. The molecule has 0 aliphatic carbocycles. The predicted molar refractivity (Wildman–Crippen MR) is 83.0 cm³/mol. The van der Waals surface area contributed by atoms with Crippen molar-refractivity contribution in [1.29, 1.82) is 0 Å². The molecule has 0 N–H and O–H groups in total. The van der Waals surface area contributed by atoms with E-state index in [-0.39, 0.29) is 5.82 Å². The predicted octanol–water partition coefficient (Wildman–Crippen LogP) is 3.63. The third kappa shape index (κ3) is 2.62. The van der Waals surface area contributed by atoms with Crippen LogP contribution in [0.25, 0.3) is 10.9 Å². The average Bonchev–Trinajstić information content (AvgIpc) is 2.93. The van der Waals surface area contributed by atoms with Crippen LogP contribution in [0.4, 0.5) is 4.39 Å². The Morgan fingerprint density at radius 1 is 1.23 bits per heavy atom. The van der Waals surface area contributed by atoms with Crippen molar-refractivity contribution in [3.63, 3.8) is 0 Å². The Hall–Kier alpha value is -2.56. The fraction of sp³-hybridized carbons (Fsp3) is 0.235. The van der Waals surface area contributed by atoms with Gasteiger partial charge < -0.3 is 9.47 Å². The van der Waals surface area contributed by atoms with Crippen LogP contribution in [0, 0.1) is 5.82 Å². The van der Waals surface area contributed by atoms with E-state index in [4.69, 9.17) is 9.47 Å². The minimum absolute atomic E-state index is 0.301. The van der Waals surface area contributed by atoms with Crippen LogP contribution >= 0.6 is 0 Å². The van der Waals surface area contributed by atoms with Gasteiger partial charge in [0.15, 0.2) is 0 Å². The lowest BCUT2D eigenvalue weighted by Crippen LogP contribution is -2.06. The van der Waals surface area contributed by atoms with Gasteiger partial charge in [-0.15, -0.1) is 0 Å². The maximum Gasteiger partial charge on any atom is 0.135 e. The van der Waals surface area contributed by atoms with Crippen molar-refractivity contribution in [1.82, 2.24) is 9.78 Å². The zero-order chi connectivity index (χ0) is 15.5. The lowest BCUT2D eigenvalue weighted by Gasteiger charge is -2.13. The zero-order valence-electron chi connectivity index (χ0n) is 12.5. The van der Waals surface area contributed by atoms with Crippen LogP contribution in [0.5, 0.6) is 11.5 Å². The molecule has 0 aliphatic rings. The number of para-hydroxylation sites is 1. The molecule has 5 heteroatoms. The van der Waals surface area contributed by atoms with Crippen LogP contribution in [0.2, 0.25) is 0 Å². The molecule has 4 nitrogen and oxygen atoms in total. The molecule has 0 saturated carbocycles. The number of hydrogen-bond acceptors (Lipinski definition) is 3. The van der Waals surface area contributed by atoms with Gasteiger partial charge in [-0.1, -0.05) is 18.2 Å². The normalized spacial score (nSPS) is 10.9. The monoisotopic (exact) mass is 300 g/mol. The molecule has 1 aromatic heterocycles. The first kappa shape index (κ1) is 14.4. The van der Waals surface area contributed by atoms with Crippen LogP contribution in [-0.2, 0) is 6.54 Å². The first-order chi connectivity index (χ1) is 10.7. The molecule has 0 atom stereocenters. The van der Waals surface area contributed by atoms with E-state index in [1.165, 1.54) is 13.2 Å². The van der Waals surface area contributed by atoms with E-state index >= 15 is 0 Å². The Labute approximate surface area is 128 Å². The van der Waals surface area contributed by atoms with Crippen molar-refractivity contribution < 1.29 is 13.9 Å². The van der Waals surface area contributed by atoms with Gasteiger partial charge in [-0.3, -0.25) is 4.68 Å². The summed E-state index contributed by atoms with van der Waals surface area (Å²) in [6.07, 6.45) is 1.77. The summed E-state index contributed by atoms with van der Waals surface area (Å²) >= 11 is 0. The fourth-order valence-electron chi connectivity index (χ4n) is 2.47. The molecule has 22 heavy (non-hydrogen) atoms. The van der Waals surface area contributed by atoms with Gasteiger partial charge in [0.2, 0.25) is 0 Å². The van der Waals surface area contributed by atoms with Gasteiger partial charge in [0.1, 0.15) is 17.3 Å². The van der Waals surface area contributed by atoms with Crippen molar-refractivity contribution in [3.05, 3.63) is 54.0 Å². The molecule has 0 unspecified atom stereocenters. The molecule has 3 rings (SSSR count). The van der Waals surface area contributed by atoms with Crippen molar-refractivity contribution >= 4 is 10.9 Å². The summed E-state index contributed by atoms with van der Waals surface area (Å²) in [6, 6.07) is 10.9. The highest BCUT2D eigenvalue weighted by Crippen LogP contribution is 2.29. The van der Waals surface area contributed by atoms with Gasteiger partial charge in [0.25, 0.3) is 0 Å². The third-order valence-electron chi connectivity index (χ3n) is 3.52. The summed E-state index contributed by atoms with van der Waals surface area (Å²) in [5.41, 5.74) is 1.41. The summed E-state index contributed by atoms with van der Waals surface area (Å²) in [5, 5.41) is 5.35. The van der Waals surface area contributed by atoms with Crippen LogP contribution < -0.4 is 9.47 Å². The van der Waals surface area contributed by atoms with Crippen LogP contribution in [0.3, 0.4) is 0 Å². The van der Waals surface area contributed by atoms with Crippen molar-refractivity contribution in [2.45, 2.75) is 13.5 Å².